The van der Waals surface area contributed by atoms with Crippen molar-refractivity contribution in [3.8, 4) is 0 Å². The van der Waals surface area contributed by atoms with E-state index in [0.717, 1.165) is 10.9 Å². The monoisotopic (exact) mass is 457 g/mol. The number of ether oxygens (including phenoxy) is 1. The molecule has 1 aromatic carbocycles. The van der Waals surface area contributed by atoms with Gasteiger partial charge in [-0.25, -0.2) is 9.97 Å². The van der Waals surface area contributed by atoms with E-state index in [-0.39, 0.29) is 11.9 Å². The summed E-state index contributed by atoms with van der Waals surface area (Å²) < 4.78 is 7.75. The number of anilines is 1. The van der Waals surface area contributed by atoms with Crippen LogP contribution >= 0.6 is 11.8 Å². The van der Waals surface area contributed by atoms with Gasteiger partial charge in [-0.05, 0) is 38.1 Å². The number of rotatable bonds is 9. The summed E-state index contributed by atoms with van der Waals surface area (Å²) in [6.07, 6.45) is 3.50. The molecule has 0 aliphatic carbocycles. The van der Waals surface area contributed by atoms with Gasteiger partial charge in [0.2, 0.25) is 0 Å². The Morgan fingerprint density at radius 3 is 2.77 bits per heavy atom. The van der Waals surface area contributed by atoms with Gasteiger partial charge in [-0.2, -0.15) is 0 Å². The minimum atomic E-state index is -1.17. The molecule has 0 bridgehead atoms. The number of benzene rings is 1. The van der Waals surface area contributed by atoms with E-state index >= 15 is 0 Å². The van der Waals surface area contributed by atoms with Crippen molar-refractivity contribution in [3.63, 3.8) is 0 Å². The summed E-state index contributed by atoms with van der Waals surface area (Å²) in [5.41, 5.74) is 8.28. The Morgan fingerprint density at radius 2 is 2.10 bits per heavy atom. The number of hydrogen-bond acceptors (Lipinski definition) is 6. The van der Waals surface area contributed by atoms with Crippen LogP contribution in [-0.2, 0) is 11.5 Å². The first-order chi connectivity index (χ1) is 14.6. The van der Waals surface area contributed by atoms with Crippen molar-refractivity contribution in [1.82, 2.24) is 19.9 Å². The van der Waals surface area contributed by atoms with Gasteiger partial charge in [0.15, 0.2) is 5.65 Å². The zero-order valence-electron chi connectivity index (χ0n) is 18.8. The Hall–Kier alpha value is -2.36. The second-order valence-electron chi connectivity index (χ2n) is 9.04. The van der Waals surface area contributed by atoms with Crippen LogP contribution in [0.4, 0.5) is 5.69 Å². The van der Waals surface area contributed by atoms with Crippen LogP contribution in [0.25, 0.3) is 11.2 Å². The summed E-state index contributed by atoms with van der Waals surface area (Å²) in [5, 5.41) is 3.65. The van der Waals surface area contributed by atoms with Crippen LogP contribution in [0.15, 0.2) is 46.6 Å². The van der Waals surface area contributed by atoms with Crippen molar-refractivity contribution in [2.24, 2.45) is 0 Å². The highest BCUT2D eigenvalue weighted by molar-refractivity contribution is 7.99. The van der Waals surface area contributed by atoms with Crippen molar-refractivity contribution >= 4 is 42.6 Å². The topological polar surface area (TPSA) is 95.1 Å². The summed E-state index contributed by atoms with van der Waals surface area (Å²) in [4.78, 5) is 23.1. The molecule has 3 rings (SSSR count). The average molecular weight is 458 g/mol. The first kappa shape index (κ1) is 23.3. The molecule has 0 aliphatic heterocycles. The molecule has 0 saturated heterocycles. The molecule has 31 heavy (non-hydrogen) atoms. The quantitative estimate of drug-likeness (QED) is 0.277. The molecule has 166 valence electrons. The highest BCUT2D eigenvalue weighted by Crippen LogP contribution is 2.29. The fourth-order valence-electron chi connectivity index (χ4n) is 2.93. The van der Waals surface area contributed by atoms with Gasteiger partial charge in [-0.1, -0.05) is 37.5 Å². The second kappa shape index (κ2) is 9.84. The van der Waals surface area contributed by atoms with E-state index in [1.165, 1.54) is 11.8 Å². The highest BCUT2D eigenvalue weighted by atomic mass is 32.2. The number of fused-ring (bicyclic) bond motifs is 1. The number of hydrogen-bond donors (Lipinski definition) is 2. The van der Waals surface area contributed by atoms with Gasteiger partial charge in [0, 0.05) is 37.5 Å². The largest absolute Gasteiger partial charge is 0.399 e. The SMILES string of the molecule is CC(C)NC(=O)c1cn(COCC[Si](C)(C)C)c2ncc(Sc3cccc(N)c3)nc12. The van der Waals surface area contributed by atoms with E-state index < -0.39 is 8.07 Å². The van der Waals surface area contributed by atoms with Crippen LogP contribution in [0.2, 0.25) is 25.7 Å². The number of carbonyl (C=O) groups excluding carboxylic acids is 1. The number of nitrogen functional groups attached to an aromatic ring is 1. The van der Waals surface area contributed by atoms with Crippen LogP contribution < -0.4 is 11.1 Å². The van der Waals surface area contributed by atoms with Gasteiger partial charge in [0.1, 0.15) is 17.3 Å². The fraction of sp³-hybridized carbons (Fsp3) is 0.409. The fourth-order valence-corrected chi connectivity index (χ4v) is 4.51. The Bertz CT molecular complexity index is 1060. The molecule has 0 radical (unpaired) electrons. The number of nitrogens with zero attached hydrogens (tertiary/aromatic N) is 3. The molecule has 0 atom stereocenters. The number of carbonyl (C=O) groups is 1. The van der Waals surface area contributed by atoms with Crippen molar-refractivity contribution in [3.05, 3.63) is 42.2 Å². The third-order valence-corrected chi connectivity index (χ3v) is 7.11. The third kappa shape index (κ3) is 6.56. The molecular weight excluding hydrogens is 426 g/mol. The standard InChI is InChI=1S/C22H31N5O2SSi/c1-15(2)25-22(28)18-13-27(14-29-9-10-31(3,4)5)21-20(18)26-19(12-24-21)30-17-8-6-7-16(23)11-17/h6-8,11-13,15H,9-10,14,23H2,1-5H3,(H,25,28). The van der Waals surface area contributed by atoms with Gasteiger partial charge >= 0.3 is 0 Å². The van der Waals surface area contributed by atoms with E-state index in [2.05, 4.69) is 29.9 Å². The molecule has 0 unspecified atom stereocenters. The molecule has 9 heteroatoms. The van der Waals surface area contributed by atoms with E-state index in [4.69, 9.17) is 15.5 Å². The number of nitrogens with one attached hydrogen (secondary N) is 1. The molecule has 3 N–H and O–H groups in total. The zero-order chi connectivity index (χ0) is 22.6. The molecule has 1 amide bonds. The van der Waals surface area contributed by atoms with Crippen LogP contribution in [0.3, 0.4) is 0 Å². The van der Waals surface area contributed by atoms with Crippen molar-refractivity contribution < 1.29 is 9.53 Å². The van der Waals surface area contributed by atoms with Crippen molar-refractivity contribution in [2.45, 2.75) is 62.2 Å². The smallest absolute Gasteiger partial charge is 0.255 e. The summed E-state index contributed by atoms with van der Waals surface area (Å²) in [6.45, 7) is 11.9. The molecule has 3 aromatic rings. The van der Waals surface area contributed by atoms with Gasteiger partial charge in [0.25, 0.3) is 5.91 Å². The predicted molar refractivity (Wildman–Crippen MR) is 129 cm³/mol. The minimum absolute atomic E-state index is 0.0247. The lowest BCUT2D eigenvalue weighted by Crippen LogP contribution is -2.30. The highest BCUT2D eigenvalue weighted by Gasteiger charge is 2.19. The van der Waals surface area contributed by atoms with Crippen molar-refractivity contribution in [1.29, 1.82) is 0 Å². The molecule has 0 saturated carbocycles. The summed E-state index contributed by atoms with van der Waals surface area (Å²) in [7, 11) is -1.17. The van der Waals surface area contributed by atoms with Gasteiger partial charge in [0.05, 0.1) is 11.8 Å². The second-order valence-corrected chi connectivity index (χ2v) is 15.8. The van der Waals surface area contributed by atoms with Gasteiger partial charge < -0.3 is 20.4 Å². The number of amides is 1. The first-order valence-electron chi connectivity index (χ1n) is 10.4. The van der Waals surface area contributed by atoms with Crippen LogP contribution in [-0.4, -0.2) is 41.2 Å². The van der Waals surface area contributed by atoms with E-state index in [1.807, 2.05) is 42.7 Å². The van der Waals surface area contributed by atoms with E-state index in [0.29, 0.717) is 40.8 Å². The maximum Gasteiger partial charge on any atom is 0.255 e. The third-order valence-electron chi connectivity index (χ3n) is 4.51. The first-order valence-corrected chi connectivity index (χ1v) is 14.9. The zero-order valence-corrected chi connectivity index (χ0v) is 20.6. The lowest BCUT2D eigenvalue weighted by atomic mass is 10.2. The Kier molecular flexibility index (Phi) is 7.40. The lowest BCUT2D eigenvalue weighted by molar-refractivity contribution is 0.0890. The maximum atomic E-state index is 12.8. The molecule has 2 aromatic heterocycles. The van der Waals surface area contributed by atoms with Gasteiger partial charge in [-0.15, -0.1) is 0 Å². The van der Waals surface area contributed by atoms with Crippen molar-refractivity contribution in [2.75, 3.05) is 12.3 Å². The van der Waals surface area contributed by atoms with Crippen LogP contribution in [0.1, 0.15) is 24.2 Å². The maximum absolute atomic E-state index is 12.8. The molecule has 7 nitrogen and oxygen atoms in total. The van der Waals surface area contributed by atoms with Crippen LogP contribution in [0.5, 0.6) is 0 Å². The van der Waals surface area contributed by atoms with Crippen LogP contribution in [0, 0.1) is 0 Å². The Morgan fingerprint density at radius 1 is 1.32 bits per heavy atom. The van der Waals surface area contributed by atoms with Gasteiger partial charge in [-0.3, -0.25) is 4.79 Å². The summed E-state index contributed by atoms with van der Waals surface area (Å²) >= 11 is 1.46. The normalized spacial score (nSPS) is 11.9. The summed E-state index contributed by atoms with van der Waals surface area (Å²) in [5.74, 6) is -0.166. The lowest BCUT2D eigenvalue weighted by Gasteiger charge is -2.15. The van der Waals surface area contributed by atoms with E-state index in [1.54, 1.807) is 12.4 Å². The number of aromatic nitrogens is 3. The predicted octanol–water partition coefficient (Wildman–Crippen LogP) is 4.62. The molecule has 0 fully saturated rings. The summed E-state index contributed by atoms with van der Waals surface area (Å²) in [6, 6.07) is 8.71. The Labute approximate surface area is 188 Å². The van der Waals surface area contributed by atoms with E-state index in [9.17, 15) is 4.79 Å². The molecular formula is C22H31N5O2SSi. The Balaban J connectivity index is 1.89. The molecule has 2 heterocycles. The number of nitrogens with two attached hydrogens (primary N) is 1. The molecule has 0 aliphatic rings. The minimum Gasteiger partial charge on any atom is -0.399 e. The molecule has 0 spiro atoms. The average Bonchev–Trinajstić information content (AvgIpc) is 3.02.